The van der Waals surface area contributed by atoms with Crippen LogP contribution in [0.25, 0.3) is 0 Å². The molecular weight excluding hydrogens is 240 g/mol. The molecule has 0 atom stereocenters. The van der Waals surface area contributed by atoms with E-state index in [4.69, 9.17) is 0 Å². The van der Waals surface area contributed by atoms with Crippen molar-refractivity contribution in [3.05, 3.63) is 48.3 Å². The normalized spacial score (nSPS) is 10.4. The molecule has 4 nitrogen and oxygen atoms in total. The van der Waals surface area contributed by atoms with Crippen molar-refractivity contribution in [2.24, 2.45) is 0 Å². The van der Waals surface area contributed by atoms with Gasteiger partial charge in [-0.25, -0.2) is 9.97 Å². The zero-order valence-electron chi connectivity index (χ0n) is 9.31. The van der Waals surface area contributed by atoms with Crippen LogP contribution in [-0.2, 0) is 6.54 Å². The van der Waals surface area contributed by atoms with Gasteiger partial charge in [0.25, 0.3) is 0 Å². The lowest BCUT2D eigenvalue weighted by molar-refractivity contribution is -0.0498. The van der Waals surface area contributed by atoms with Crippen LogP contribution < -0.4 is 10.1 Å². The highest BCUT2D eigenvalue weighted by atomic mass is 19.3. The Labute approximate surface area is 103 Å². The van der Waals surface area contributed by atoms with E-state index in [-0.39, 0.29) is 5.75 Å². The minimum atomic E-state index is -2.82. The fraction of sp³-hybridized carbons (Fsp3) is 0.167. The van der Waals surface area contributed by atoms with Crippen molar-refractivity contribution in [1.29, 1.82) is 0 Å². The molecule has 0 saturated carbocycles. The second-order valence-corrected chi connectivity index (χ2v) is 3.39. The van der Waals surface area contributed by atoms with Gasteiger partial charge in [0.05, 0.1) is 0 Å². The van der Waals surface area contributed by atoms with Crippen molar-refractivity contribution >= 4 is 5.95 Å². The van der Waals surface area contributed by atoms with Crippen LogP contribution in [0.1, 0.15) is 5.56 Å². The van der Waals surface area contributed by atoms with Crippen LogP contribution in [0.5, 0.6) is 5.75 Å². The lowest BCUT2D eigenvalue weighted by Crippen LogP contribution is -2.05. The van der Waals surface area contributed by atoms with E-state index in [9.17, 15) is 8.78 Å². The quantitative estimate of drug-likeness (QED) is 0.885. The van der Waals surface area contributed by atoms with E-state index in [1.54, 1.807) is 12.1 Å². The highest BCUT2D eigenvalue weighted by Gasteiger charge is 2.04. The molecule has 0 unspecified atom stereocenters. The molecule has 0 saturated heterocycles. The molecule has 1 aromatic heterocycles. The number of nitrogens with one attached hydrogen (secondary N) is 1. The van der Waals surface area contributed by atoms with Crippen molar-refractivity contribution in [3.8, 4) is 5.75 Å². The molecule has 0 fully saturated rings. The molecule has 0 spiro atoms. The number of ether oxygens (including phenoxy) is 1. The van der Waals surface area contributed by atoms with E-state index in [1.807, 2.05) is 0 Å². The van der Waals surface area contributed by atoms with Gasteiger partial charge < -0.3 is 10.1 Å². The summed E-state index contributed by atoms with van der Waals surface area (Å²) in [5, 5.41) is 2.96. The van der Waals surface area contributed by atoms with Gasteiger partial charge in [-0.15, -0.1) is 0 Å². The standard InChI is InChI=1S/C12H10F2N3O/c13-11(14)18-10-4-1-3-9(7-10)8-17-12-15-5-2-6-16-12/h1,3-7,11H,8H2,(H,15,16,17). The summed E-state index contributed by atoms with van der Waals surface area (Å²) in [5.41, 5.74) is 0.796. The van der Waals surface area contributed by atoms with Gasteiger partial charge in [0.1, 0.15) is 5.75 Å². The number of anilines is 1. The molecule has 6 heteroatoms. The molecule has 2 rings (SSSR count). The predicted octanol–water partition coefficient (Wildman–Crippen LogP) is 2.49. The maximum Gasteiger partial charge on any atom is 0.387 e. The SMILES string of the molecule is FC(F)Oc1cccc(CNc2nc[c]cn2)c1. The Morgan fingerprint density at radius 3 is 2.78 bits per heavy atom. The minimum Gasteiger partial charge on any atom is -0.435 e. The first-order valence-electron chi connectivity index (χ1n) is 5.20. The predicted molar refractivity (Wildman–Crippen MR) is 61.3 cm³/mol. The number of hydrogen-bond acceptors (Lipinski definition) is 4. The fourth-order valence-corrected chi connectivity index (χ4v) is 1.37. The molecule has 0 aliphatic carbocycles. The second-order valence-electron chi connectivity index (χ2n) is 3.39. The highest BCUT2D eigenvalue weighted by molar-refractivity contribution is 5.32. The van der Waals surface area contributed by atoms with E-state index in [0.29, 0.717) is 12.5 Å². The number of halogens is 2. The van der Waals surface area contributed by atoms with Gasteiger partial charge in [-0.1, -0.05) is 12.1 Å². The zero-order valence-corrected chi connectivity index (χ0v) is 9.31. The van der Waals surface area contributed by atoms with Crippen LogP contribution in [0.15, 0.2) is 36.7 Å². The third-order valence-corrected chi connectivity index (χ3v) is 2.10. The molecule has 1 aromatic carbocycles. The van der Waals surface area contributed by atoms with Crippen molar-refractivity contribution in [2.45, 2.75) is 13.2 Å². The van der Waals surface area contributed by atoms with E-state index in [1.165, 1.54) is 24.5 Å². The first-order chi connectivity index (χ1) is 8.74. The van der Waals surface area contributed by atoms with Crippen LogP contribution in [0.4, 0.5) is 14.7 Å². The fourth-order valence-electron chi connectivity index (χ4n) is 1.37. The van der Waals surface area contributed by atoms with E-state index < -0.39 is 6.61 Å². The Morgan fingerprint density at radius 1 is 1.28 bits per heavy atom. The Balaban J connectivity index is 1.97. The van der Waals surface area contributed by atoms with Gasteiger partial charge in [0, 0.05) is 25.0 Å². The molecule has 1 radical (unpaired) electrons. The Hall–Kier alpha value is -2.24. The summed E-state index contributed by atoms with van der Waals surface area (Å²) >= 11 is 0. The van der Waals surface area contributed by atoms with E-state index in [0.717, 1.165) is 5.56 Å². The van der Waals surface area contributed by atoms with Crippen LogP contribution >= 0.6 is 0 Å². The van der Waals surface area contributed by atoms with Crippen LogP contribution in [0.2, 0.25) is 0 Å². The third-order valence-electron chi connectivity index (χ3n) is 2.10. The maximum absolute atomic E-state index is 12.0. The Kier molecular flexibility index (Phi) is 4.01. The molecular formula is C12H10F2N3O. The third kappa shape index (κ3) is 3.65. The number of alkyl halides is 2. The monoisotopic (exact) mass is 250 g/mol. The minimum absolute atomic E-state index is 0.131. The van der Waals surface area contributed by atoms with Gasteiger partial charge in [0.15, 0.2) is 0 Å². The molecule has 18 heavy (non-hydrogen) atoms. The van der Waals surface area contributed by atoms with Crippen molar-refractivity contribution in [1.82, 2.24) is 9.97 Å². The highest BCUT2D eigenvalue weighted by Crippen LogP contribution is 2.16. The summed E-state index contributed by atoms with van der Waals surface area (Å²) in [4.78, 5) is 7.87. The number of rotatable bonds is 5. The summed E-state index contributed by atoms with van der Waals surface area (Å²) in [7, 11) is 0. The summed E-state index contributed by atoms with van der Waals surface area (Å²) in [6.07, 6.45) is 2.98. The van der Waals surface area contributed by atoms with Crippen LogP contribution in [0.3, 0.4) is 0 Å². The lowest BCUT2D eigenvalue weighted by atomic mass is 10.2. The van der Waals surface area contributed by atoms with Crippen molar-refractivity contribution in [2.75, 3.05) is 5.32 Å². The molecule has 1 heterocycles. The number of nitrogens with zero attached hydrogens (tertiary/aromatic N) is 2. The number of benzene rings is 1. The molecule has 93 valence electrons. The average molecular weight is 250 g/mol. The first-order valence-corrected chi connectivity index (χ1v) is 5.20. The topological polar surface area (TPSA) is 47.0 Å². The molecule has 0 bridgehead atoms. The van der Waals surface area contributed by atoms with Gasteiger partial charge in [0.2, 0.25) is 5.95 Å². The first kappa shape index (κ1) is 12.2. The number of aromatic nitrogens is 2. The van der Waals surface area contributed by atoms with E-state index in [2.05, 4.69) is 26.1 Å². The van der Waals surface area contributed by atoms with Crippen molar-refractivity contribution in [3.63, 3.8) is 0 Å². The lowest BCUT2D eigenvalue weighted by Gasteiger charge is -2.07. The molecule has 1 N–H and O–H groups in total. The van der Waals surface area contributed by atoms with Gasteiger partial charge >= 0.3 is 6.61 Å². The summed E-state index contributed by atoms with van der Waals surface area (Å²) in [6.45, 7) is -2.40. The molecule has 0 amide bonds. The largest absolute Gasteiger partial charge is 0.435 e. The summed E-state index contributed by atoms with van der Waals surface area (Å²) < 4.78 is 28.4. The maximum atomic E-state index is 12.0. The Bertz CT molecular complexity index is 494. The molecule has 0 aliphatic rings. The van der Waals surface area contributed by atoms with Gasteiger partial charge in [-0.05, 0) is 17.7 Å². The van der Waals surface area contributed by atoms with Gasteiger partial charge in [-0.2, -0.15) is 8.78 Å². The average Bonchev–Trinajstić information content (AvgIpc) is 2.37. The Morgan fingerprint density at radius 2 is 2.06 bits per heavy atom. The van der Waals surface area contributed by atoms with Gasteiger partial charge in [-0.3, -0.25) is 0 Å². The zero-order chi connectivity index (χ0) is 12.8. The molecule has 2 aromatic rings. The van der Waals surface area contributed by atoms with E-state index >= 15 is 0 Å². The summed E-state index contributed by atoms with van der Waals surface area (Å²) in [6, 6.07) is 9.15. The summed E-state index contributed by atoms with van der Waals surface area (Å²) in [5.74, 6) is 0.584. The molecule has 0 aliphatic heterocycles. The second kappa shape index (κ2) is 5.90. The van der Waals surface area contributed by atoms with Crippen molar-refractivity contribution < 1.29 is 13.5 Å². The van der Waals surface area contributed by atoms with Crippen LogP contribution in [0, 0.1) is 6.07 Å². The van der Waals surface area contributed by atoms with Crippen LogP contribution in [-0.4, -0.2) is 16.6 Å². The smallest absolute Gasteiger partial charge is 0.387 e. The number of hydrogen-bond donors (Lipinski definition) is 1.